The Kier molecular flexibility index (Phi) is 7.85. The van der Waals surface area contributed by atoms with Crippen molar-refractivity contribution >= 4 is 73.6 Å². The normalized spacial score (nSPS) is 12.2. The van der Waals surface area contributed by atoms with Crippen LogP contribution < -0.4 is 10.0 Å². The fourth-order valence-corrected chi connectivity index (χ4v) is 6.70. The van der Waals surface area contributed by atoms with E-state index < -0.39 is 15.3 Å². The first-order chi connectivity index (χ1) is 16.3. The Morgan fingerprint density at radius 2 is 1.53 bits per heavy atom. The maximum Gasteiger partial charge on any atom is 0.271 e. The quantitative estimate of drug-likeness (QED) is 0.226. The number of hydrogen-bond acceptors (Lipinski definition) is 5. The van der Waals surface area contributed by atoms with E-state index in [9.17, 15) is 13.2 Å². The maximum atomic E-state index is 13.2. The first-order valence-electron chi connectivity index (χ1n) is 9.95. The molecule has 1 atom stereocenters. The fourth-order valence-electron chi connectivity index (χ4n) is 3.09. The molecule has 0 aliphatic carbocycles. The van der Waals surface area contributed by atoms with Crippen molar-refractivity contribution in [1.29, 1.82) is 0 Å². The average molecular weight is 550 g/mol. The molecule has 34 heavy (non-hydrogen) atoms. The van der Waals surface area contributed by atoms with Crippen LogP contribution in [0.2, 0.25) is 10.0 Å². The van der Waals surface area contributed by atoms with Crippen molar-refractivity contribution in [3.05, 3.63) is 106 Å². The summed E-state index contributed by atoms with van der Waals surface area (Å²) in [4.78, 5) is 14.0. The molecule has 0 aliphatic rings. The van der Waals surface area contributed by atoms with Crippen molar-refractivity contribution in [2.45, 2.75) is 14.4 Å². The number of amides is 1. The van der Waals surface area contributed by atoms with E-state index >= 15 is 0 Å². The predicted octanol–water partition coefficient (Wildman–Crippen LogP) is 7.33. The molecule has 0 saturated heterocycles. The van der Waals surface area contributed by atoms with Gasteiger partial charge in [-0.1, -0.05) is 59.6 Å². The van der Waals surface area contributed by atoms with Crippen molar-refractivity contribution in [2.24, 2.45) is 0 Å². The lowest BCUT2D eigenvalue weighted by Crippen LogP contribution is -2.19. The summed E-state index contributed by atoms with van der Waals surface area (Å²) in [5, 5.41) is 4.87. The topological polar surface area (TPSA) is 75.3 Å². The van der Waals surface area contributed by atoms with Gasteiger partial charge in [-0.15, -0.1) is 23.1 Å². The molecule has 0 radical (unpaired) electrons. The second kappa shape index (κ2) is 10.8. The molecule has 0 saturated carbocycles. The molecule has 1 amide bonds. The second-order valence-electron chi connectivity index (χ2n) is 7.12. The van der Waals surface area contributed by atoms with Crippen molar-refractivity contribution in [1.82, 2.24) is 0 Å². The van der Waals surface area contributed by atoms with Gasteiger partial charge in [-0.3, -0.25) is 9.52 Å². The molecule has 0 aliphatic heterocycles. The first-order valence-corrected chi connectivity index (χ1v) is 13.9. The summed E-state index contributed by atoms with van der Waals surface area (Å²) in [6.45, 7) is 0. The van der Waals surface area contributed by atoms with Gasteiger partial charge < -0.3 is 5.32 Å². The molecular weight excluding hydrogens is 531 g/mol. The van der Waals surface area contributed by atoms with Crippen LogP contribution in [0, 0.1) is 0 Å². The summed E-state index contributed by atoms with van der Waals surface area (Å²) >= 11 is 14.6. The van der Waals surface area contributed by atoms with E-state index in [0.717, 1.165) is 21.8 Å². The third-order valence-electron chi connectivity index (χ3n) is 4.59. The SMILES string of the molecule is O=C(Nc1cc(Cl)cc(Cl)c1)C(Sc1ccc(NS(=O)(=O)c2cccs2)cc1)c1ccccc1. The van der Waals surface area contributed by atoms with Crippen LogP contribution in [0.1, 0.15) is 10.8 Å². The maximum absolute atomic E-state index is 13.2. The van der Waals surface area contributed by atoms with E-state index in [2.05, 4.69) is 10.0 Å². The van der Waals surface area contributed by atoms with E-state index in [1.165, 1.54) is 11.8 Å². The van der Waals surface area contributed by atoms with Crippen LogP contribution >= 0.6 is 46.3 Å². The smallest absolute Gasteiger partial charge is 0.271 e. The van der Waals surface area contributed by atoms with Gasteiger partial charge in [0.15, 0.2) is 0 Å². The Balaban J connectivity index is 1.53. The van der Waals surface area contributed by atoms with Crippen molar-refractivity contribution in [3.63, 3.8) is 0 Å². The number of rotatable bonds is 8. The second-order valence-corrected chi connectivity index (χ2v) is 12.0. The van der Waals surface area contributed by atoms with Crippen LogP contribution in [0.25, 0.3) is 0 Å². The monoisotopic (exact) mass is 548 g/mol. The van der Waals surface area contributed by atoms with Crippen LogP contribution in [0.5, 0.6) is 0 Å². The molecule has 0 bridgehead atoms. The minimum atomic E-state index is -3.63. The number of thiophene rings is 1. The number of hydrogen-bond donors (Lipinski definition) is 2. The van der Waals surface area contributed by atoms with Crippen LogP contribution in [-0.4, -0.2) is 14.3 Å². The Hall–Kier alpha value is -2.49. The van der Waals surface area contributed by atoms with Crippen LogP contribution in [0.3, 0.4) is 0 Å². The zero-order valence-corrected chi connectivity index (χ0v) is 21.4. The minimum Gasteiger partial charge on any atom is -0.325 e. The molecule has 4 rings (SSSR count). The number of halogens is 2. The average Bonchev–Trinajstić information content (AvgIpc) is 3.34. The van der Waals surface area contributed by atoms with E-state index in [1.807, 2.05) is 30.3 Å². The highest BCUT2D eigenvalue weighted by atomic mass is 35.5. The van der Waals surface area contributed by atoms with Crippen LogP contribution in [0.4, 0.5) is 11.4 Å². The van der Waals surface area contributed by atoms with Gasteiger partial charge in [-0.2, -0.15) is 0 Å². The molecule has 3 aromatic carbocycles. The number of carbonyl (C=O) groups is 1. The van der Waals surface area contributed by atoms with Gasteiger partial charge in [0.05, 0.1) is 0 Å². The Morgan fingerprint density at radius 3 is 2.15 bits per heavy atom. The molecule has 4 aromatic rings. The molecule has 1 unspecified atom stereocenters. The molecule has 10 heteroatoms. The number of carbonyl (C=O) groups excluding carboxylic acids is 1. The third kappa shape index (κ3) is 6.34. The van der Waals surface area contributed by atoms with Gasteiger partial charge in [-0.05, 0) is 59.5 Å². The van der Waals surface area contributed by atoms with Gasteiger partial charge in [0.25, 0.3) is 10.0 Å². The molecule has 0 spiro atoms. The largest absolute Gasteiger partial charge is 0.325 e. The zero-order chi connectivity index (χ0) is 24.1. The minimum absolute atomic E-state index is 0.239. The summed E-state index contributed by atoms with van der Waals surface area (Å²) in [6.07, 6.45) is 0. The molecule has 174 valence electrons. The Bertz CT molecular complexity index is 1360. The number of benzene rings is 3. The standard InChI is InChI=1S/C24H18Cl2N2O3S3/c25-17-13-18(26)15-20(14-17)27-24(29)23(16-5-2-1-3-6-16)33-21-10-8-19(9-11-21)28-34(30,31)22-7-4-12-32-22/h1-15,23,28H,(H,27,29). The summed E-state index contributed by atoms with van der Waals surface area (Å²) in [6, 6.07) is 24.4. The molecule has 1 heterocycles. The highest BCUT2D eigenvalue weighted by Crippen LogP contribution is 2.37. The van der Waals surface area contributed by atoms with Crippen LogP contribution in [-0.2, 0) is 14.8 Å². The van der Waals surface area contributed by atoms with E-state index in [-0.39, 0.29) is 10.1 Å². The van der Waals surface area contributed by atoms with Crippen molar-refractivity contribution in [3.8, 4) is 0 Å². The summed E-state index contributed by atoms with van der Waals surface area (Å²) < 4.78 is 27.7. The van der Waals surface area contributed by atoms with Gasteiger partial charge in [-0.25, -0.2) is 8.42 Å². The third-order valence-corrected chi connectivity index (χ3v) is 9.07. The van der Waals surface area contributed by atoms with E-state index in [1.54, 1.807) is 60.0 Å². The number of anilines is 2. The highest BCUT2D eigenvalue weighted by molar-refractivity contribution is 8.00. The predicted molar refractivity (Wildman–Crippen MR) is 142 cm³/mol. The molecule has 1 aromatic heterocycles. The summed E-state index contributed by atoms with van der Waals surface area (Å²) in [5.74, 6) is -0.239. The van der Waals surface area contributed by atoms with Crippen molar-refractivity contribution in [2.75, 3.05) is 10.0 Å². The molecule has 5 nitrogen and oxygen atoms in total. The highest BCUT2D eigenvalue weighted by Gasteiger charge is 2.23. The Morgan fingerprint density at radius 1 is 0.853 bits per heavy atom. The van der Waals surface area contributed by atoms with Crippen LogP contribution in [0.15, 0.2) is 99.4 Å². The number of nitrogens with one attached hydrogen (secondary N) is 2. The molecule has 0 fully saturated rings. The number of thioether (sulfide) groups is 1. The Labute approximate surface area is 216 Å². The number of sulfonamides is 1. The lowest BCUT2D eigenvalue weighted by Gasteiger charge is -2.18. The lowest BCUT2D eigenvalue weighted by atomic mass is 10.1. The van der Waals surface area contributed by atoms with Gasteiger partial charge in [0.2, 0.25) is 5.91 Å². The van der Waals surface area contributed by atoms with E-state index in [4.69, 9.17) is 23.2 Å². The fraction of sp³-hybridized carbons (Fsp3) is 0.0417. The van der Waals surface area contributed by atoms with Crippen molar-refractivity contribution < 1.29 is 13.2 Å². The van der Waals surface area contributed by atoms with Gasteiger partial charge in [0, 0.05) is 26.3 Å². The van der Waals surface area contributed by atoms with E-state index in [0.29, 0.717) is 21.4 Å². The zero-order valence-electron chi connectivity index (χ0n) is 17.4. The molecular formula is C24H18Cl2N2O3S3. The first kappa shape index (κ1) is 24.6. The van der Waals surface area contributed by atoms with Gasteiger partial charge in [0.1, 0.15) is 9.46 Å². The summed E-state index contributed by atoms with van der Waals surface area (Å²) in [7, 11) is -3.63. The lowest BCUT2D eigenvalue weighted by molar-refractivity contribution is -0.115. The summed E-state index contributed by atoms with van der Waals surface area (Å²) in [5.41, 5.74) is 1.76. The van der Waals surface area contributed by atoms with Gasteiger partial charge >= 0.3 is 0 Å². The molecule has 2 N–H and O–H groups in total.